The second-order valence-corrected chi connectivity index (χ2v) is 5.72. The summed E-state index contributed by atoms with van der Waals surface area (Å²) in [5.74, 6) is -2.40. The first-order valence-electron chi connectivity index (χ1n) is 8.49. The molecule has 0 aromatic carbocycles. The first kappa shape index (κ1) is 25.9. The van der Waals surface area contributed by atoms with E-state index in [1.165, 1.54) is 12.3 Å². The van der Waals surface area contributed by atoms with Gasteiger partial charge in [0.15, 0.2) is 0 Å². The SMILES string of the molecule is O=C(O)CCCNC(=O)N[C@@H](CCCCNC(=O)c1cc[c-]nc1)C(=O)O.[Y]. The molecule has 0 aliphatic heterocycles. The molecule has 1 atom stereocenters. The number of nitrogens with zero attached hydrogens (tertiary/aromatic N) is 1. The number of hydrogen-bond donors (Lipinski definition) is 5. The van der Waals surface area contributed by atoms with E-state index < -0.39 is 24.0 Å². The Hall–Kier alpha value is -2.07. The maximum Gasteiger partial charge on any atom is 0.326 e. The Labute approximate surface area is 187 Å². The number of urea groups is 1. The van der Waals surface area contributed by atoms with Crippen molar-refractivity contribution in [1.29, 1.82) is 0 Å². The summed E-state index contributed by atoms with van der Waals surface area (Å²) in [4.78, 5) is 48.7. The van der Waals surface area contributed by atoms with Gasteiger partial charge in [-0.15, -0.1) is 0 Å². The van der Waals surface area contributed by atoms with Crippen LogP contribution in [0.3, 0.4) is 0 Å². The number of carboxylic acids is 2. The van der Waals surface area contributed by atoms with Gasteiger partial charge in [-0.1, -0.05) is 18.0 Å². The molecule has 0 unspecified atom stereocenters. The molecule has 1 aromatic heterocycles. The predicted octanol–water partition coefficient (Wildman–Crippen LogP) is 0.397. The number of nitrogens with one attached hydrogen (secondary N) is 3. The fourth-order valence-corrected chi connectivity index (χ4v) is 2.14. The van der Waals surface area contributed by atoms with Gasteiger partial charge in [0.1, 0.15) is 6.04 Å². The molecule has 3 amide bonds. The number of aromatic nitrogens is 1. The largest absolute Gasteiger partial charge is 0.481 e. The van der Waals surface area contributed by atoms with E-state index in [0.29, 0.717) is 24.9 Å². The molecule has 0 saturated carbocycles. The van der Waals surface area contributed by atoms with Crippen LogP contribution in [-0.2, 0) is 42.3 Å². The minimum atomic E-state index is -1.16. The zero-order valence-corrected chi connectivity index (χ0v) is 18.1. The van der Waals surface area contributed by atoms with Crippen LogP contribution in [0.2, 0.25) is 0 Å². The number of carboxylic acid groups (broad SMARTS) is 2. The van der Waals surface area contributed by atoms with Gasteiger partial charge in [0.05, 0.1) is 0 Å². The first-order valence-corrected chi connectivity index (χ1v) is 8.49. The van der Waals surface area contributed by atoms with Gasteiger partial charge in [0, 0.05) is 52.2 Å². The molecule has 151 valence electrons. The summed E-state index contributed by atoms with van der Waals surface area (Å²) < 4.78 is 0. The molecule has 1 radical (unpaired) electrons. The van der Waals surface area contributed by atoms with Gasteiger partial charge < -0.3 is 31.1 Å². The smallest absolute Gasteiger partial charge is 0.326 e. The van der Waals surface area contributed by atoms with Crippen LogP contribution in [0.25, 0.3) is 0 Å². The second-order valence-electron chi connectivity index (χ2n) is 5.72. The second kappa shape index (κ2) is 14.9. The van der Waals surface area contributed by atoms with Gasteiger partial charge in [0.2, 0.25) is 5.91 Å². The average molecular weight is 468 g/mol. The minimum absolute atomic E-state index is 0. The average Bonchev–Trinajstić information content (AvgIpc) is 2.64. The Morgan fingerprint density at radius 1 is 1.07 bits per heavy atom. The summed E-state index contributed by atoms with van der Waals surface area (Å²) in [6.07, 6.45) is 5.38. The van der Waals surface area contributed by atoms with Crippen LogP contribution in [0.4, 0.5) is 4.79 Å². The molecule has 5 N–H and O–H groups in total. The van der Waals surface area contributed by atoms with Crippen LogP contribution in [0.1, 0.15) is 42.5 Å². The van der Waals surface area contributed by atoms with Gasteiger partial charge in [-0.05, 0) is 25.7 Å². The maximum absolute atomic E-state index is 11.8. The number of pyridine rings is 1. The number of carbonyl (C=O) groups excluding carboxylic acids is 2. The topological polar surface area (TPSA) is 158 Å². The zero-order valence-electron chi connectivity index (χ0n) is 15.3. The van der Waals surface area contributed by atoms with Crippen molar-refractivity contribution in [3.63, 3.8) is 0 Å². The van der Waals surface area contributed by atoms with E-state index in [-0.39, 0.29) is 64.4 Å². The molecule has 0 bridgehead atoms. The van der Waals surface area contributed by atoms with Crippen molar-refractivity contribution in [3.8, 4) is 0 Å². The minimum Gasteiger partial charge on any atom is -0.481 e. The number of rotatable bonds is 12. The van der Waals surface area contributed by atoms with E-state index in [9.17, 15) is 19.2 Å². The molecule has 0 aliphatic carbocycles. The number of hydrogen-bond acceptors (Lipinski definition) is 5. The van der Waals surface area contributed by atoms with Crippen molar-refractivity contribution in [2.45, 2.75) is 38.1 Å². The van der Waals surface area contributed by atoms with Crippen LogP contribution in [0.15, 0.2) is 18.3 Å². The van der Waals surface area contributed by atoms with Gasteiger partial charge in [0.25, 0.3) is 0 Å². The van der Waals surface area contributed by atoms with Crippen molar-refractivity contribution in [1.82, 2.24) is 20.9 Å². The number of amides is 3. The summed E-state index contributed by atoms with van der Waals surface area (Å²) in [7, 11) is 0. The number of aliphatic carboxylic acids is 2. The summed E-state index contributed by atoms with van der Waals surface area (Å²) in [6, 6.07) is 1.40. The van der Waals surface area contributed by atoms with Gasteiger partial charge in [-0.3, -0.25) is 9.59 Å². The normalized spacial score (nSPS) is 10.9. The fourth-order valence-electron chi connectivity index (χ4n) is 2.14. The van der Waals surface area contributed by atoms with Crippen LogP contribution >= 0.6 is 0 Å². The van der Waals surface area contributed by atoms with E-state index in [4.69, 9.17) is 10.2 Å². The molecule has 0 fully saturated rings. The molecule has 1 rings (SSSR count). The van der Waals surface area contributed by atoms with Crippen LogP contribution < -0.4 is 16.0 Å². The zero-order chi connectivity index (χ0) is 20.1. The predicted molar refractivity (Wildman–Crippen MR) is 94.1 cm³/mol. The third-order valence-electron chi connectivity index (χ3n) is 3.54. The van der Waals surface area contributed by atoms with Crippen LogP contribution in [-0.4, -0.2) is 58.2 Å². The molecule has 28 heavy (non-hydrogen) atoms. The van der Waals surface area contributed by atoms with Crippen molar-refractivity contribution >= 4 is 23.9 Å². The van der Waals surface area contributed by atoms with Gasteiger partial charge in [-0.25, -0.2) is 9.59 Å². The Balaban J connectivity index is 0.00000729. The van der Waals surface area contributed by atoms with Crippen LogP contribution in [0, 0.1) is 6.20 Å². The molecule has 10 nitrogen and oxygen atoms in total. The molecule has 11 heteroatoms. The van der Waals surface area contributed by atoms with E-state index in [0.717, 1.165) is 0 Å². The fraction of sp³-hybridized carbons (Fsp3) is 0.471. The Bertz CT molecular complexity index is 644. The van der Waals surface area contributed by atoms with E-state index in [2.05, 4.69) is 27.1 Å². The first-order chi connectivity index (χ1) is 12.9. The standard InChI is InChI=1S/C17H23N4O6.Y/c22-14(23)7-4-10-20-17(27)21-13(16(25)26)6-1-2-9-19-15(24)12-5-3-8-18-11-12;/h3,5,11,13H,1-2,4,6-7,9-10H2,(H,19,24)(H,22,23)(H,25,26)(H2,20,21,27);/q-1;/t13-;/m0./s1. The van der Waals surface area contributed by atoms with E-state index >= 15 is 0 Å². The van der Waals surface area contributed by atoms with Crippen LogP contribution in [0.5, 0.6) is 0 Å². The van der Waals surface area contributed by atoms with E-state index in [1.807, 2.05) is 0 Å². The quantitative estimate of drug-likeness (QED) is 0.219. The van der Waals surface area contributed by atoms with Crippen molar-refractivity contribution in [2.24, 2.45) is 0 Å². The third kappa shape index (κ3) is 11.6. The van der Waals surface area contributed by atoms with E-state index in [1.54, 1.807) is 6.07 Å². The Morgan fingerprint density at radius 2 is 1.79 bits per heavy atom. The van der Waals surface area contributed by atoms with Gasteiger partial charge >= 0.3 is 18.0 Å². The van der Waals surface area contributed by atoms with Crippen molar-refractivity contribution in [3.05, 3.63) is 30.1 Å². The summed E-state index contributed by atoms with van der Waals surface area (Å²) in [6.45, 7) is 0.508. The summed E-state index contributed by atoms with van der Waals surface area (Å²) >= 11 is 0. The van der Waals surface area contributed by atoms with Gasteiger partial charge in [-0.2, -0.15) is 12.1 Å². The molecular weight excluding hydrogens is 445 g/mol. The molecule has 1 aromatic rings. The molecule has 0 saturated heterocycles. The molecule has 0 aliphatic rings. The summed E-state index contributed by atoms with van der Waals surface area (Å²) in [5.41, 5.74) is 0.415. The Kier molecular flexibility index (Phi) is 13.8. The molecular formula is C17H23N4O6Y-. The Morgan fingerprint density at radius 3 is 2.39 bits per heavy atom. The third-order valence-corrected chi connectivity index (χ3v) is 3.54. The molecule has 0 spiro atoms. The monoisotopic (exact) mass is 468 g/mol. The van der Waals surface area contributed by atoms with Crippen molar-refractivity contribution < 1.29 is 62.1 Å². The number of unbranched alkanes of at least 4 members (excludes halogenated alkanes) is 1. The van der Waals surface area contributed by atoms with Crippen molar-refractivity contribution in [2.75, 3.05) is 13.1 Å². The molecule has 1 heterocycles. The maximum atomic E-state index is 11.8. The number of carbonyl (C=O) groups is 4. The summed E-state index contributed by atoms with van der Waals surface area (Å²) in [5, 5.41) is 25.1.